The molecule has 26 heavy (non-hydrogen) atoms. The number of hydrogen-bond acceptors (Lipinski definition) is 6. The fraction of sp³-hybridized carbons (Fsp3) is 0.250. The van der Waals surface area contributed by atoms with Crippen LogP contribution in [0, 0.1) is 0 Å². The van der Waals surface area contributed by atoms with Crippen LogP contribution in [0.4, 0.5) is 0 Å². The van der Waals surface area contributed by atoms with Gasteiger partial charge >= 0.3 is 0 Å². The van der Waals surface area contributed by atoms with Crippen LogP contribution in [-0.2, 0) is 6.61 Å². The van der Waals surface area contributed by atoms with Gasteiger partial charge < -0.3 is 19.7 Å². The monoisotopic (exact) mass is 371 g/mol. The predicted octanol–water partition coefficient (Wildman–Crippen LogP) is 4.47. The van der Waals surface area contributed by atoms with Crippen molar-refractivity contribution in [2.24, 2.45) is 0 Å². The SMILES string of the molecule is CCOc1ccc(-c2nc(-c3ccc(O)c(CO)c3)cs2)cc1OCC. The van der Waals surface area contributed by atoms with Crippen molar-refractivity contribution in [3.63, 3.8) is 0 Å². The quantitative estimate of drug-likeness (QED) is 0.641. The Morgan fingerprint density at radius 2 is 1.69 bits per heavy atom. The molecule has 1 heterocycles. The van der Waals surface area contributed by atoms with Gasteiger partial charge in [-0.25, -0.2) is 4.98 Å². The highest BCUT2D eigenvalue weighted by atomic mass is 32.1. The maximum Gasteiger partial charge on any atom is 0.161 e. The second-order valence-electron chi connectivity index (χ2n) is 5.57. The molecule has 0 atom stereocenters. The van der Waals surface area contributed by atoms with Crippen molar-refractivity contribution in [2.75, 3.05) is 13.2 Å². The van der Waals surface area contributed by atoms with E-state index in [1.807, 2.05) is 37.4 Å². The topological polar surface area (TPSA) is 71.8 Å². The Bertz CT molecular complexity index is 891. The fourth-order valence-electron chi connectivity index (χ4n) is 2.59. The molecule has 0 amide bonds. The van der Waals surface area contributed by atoms with Gasteiger partial charge in [-0.1, -0.05) is 0 Å². The molecule has 2 N–H and O–H groups in total. The summed E-state index contributed by atoms with van der Waals surface area (Å²) >= 11 is 1.53. The highest BCUT2D eigenvalue weighted by Gasteiger charge is 2.12. The molecule has 2 aromatic carbocycles. The minimum absolute atomic E-state index is 0.0829. The summed E-state index contributed by atoms with van der Waals surface area (Å²) in [5, 5.41) is 21.9. The summed E-state index contributed by atoms with van der Waals surface area (Å²) in [6, 6.07) is 10.9. The lowest BCUT2D eigenvalue weighted by Crippen LogP contribution is -1.98. The van der Waals surface area contributed by atoms with E-state index in [9.17, 15) is 10.2 Å². The Hall–Kier alpha value is -2.57. The van der Waals surface area contributed by atoms with Gasteiger partial charge in [0.15, 0.2) is 11.5 Å². The third-order valence-corrected chi connectivity index (χ3v) is 4.73. The summed E-state index contributed by atoms with van der Waals surface area (Å²) in [7, 11) is 0. The molecule has 0 bridgehead atoms. The molecule has 0 unspecified atom stereocenters. The number of aliphatic hydroxyl groups excluding tert-OH is 1. The molecule has 136 valence electrons. The number of aromatic nitrogens is 1. The van der Waals surface area contributed by atoms with E-state index < -0.39 is 0 Å². The van der Waals surface area contributed by atoms with E-state index in [-0.39, 0.29) is 12.4 Å². The molecule has 0 spiro atoms. The number of phenols is 1. The maximum atomic E-state index is 9.71. The molecule has 0 radical (unpaired) electrons. The third-order valence-electron chi connectivity index (χ3n) is 3.84. The van der Waals surface area contributed by atoms with Crippen LogP contribution in [0.1, 0.15) is 19.4 Å². The summed E-state index contributed by atoms with van der Waals surface area (Å²) in [5.41, 5.74) is 3.09. The van der Waals surface area contributed by atoms with E-state index in [0.717, 1.165) is 27.6 Å². The molecule has 0 aliphatic heterocycles. The molecule has 0 aliphatic rings. The zero-order chi connectivity index (χ0) is 18.5. The van der Waals surface area contributed by atoms with E-state index in [2.05, 4.69) is 0 Å². The molecule has 3 rings (SSSR count). The molecule has 0 aliphatic carbocycles. The standard InChI is InChI=1S/C20H21NO4S/c1-3-24-18-8-6-14(10-19(18)25-4-2)20-21-16(12-26-20)13-5-7-17(23)15(9-13)11-22/h5-10,12,22-23H,3-4,11H2,1-2H3. The first kappa shape index (κ1) is 18.2. The van der Waals surface area contributed by atoms with Gasteiger partial charge in [0.1, 0.15) is 10.8 Å². The first-order chi connectivity index (χ1) is 12.7. The van der Waals surface area contributed by atoms with Gasteiger partial charge in [-0.2, -0.15) is 0 Å². The van der Waals surface area contributed by atoms with Crippen LogP contribution in [0.3, 0.4) is 0 Å². The molecule has 3 aromatic rings. The minimum Gasteiger partial charge on any atom is -0.508 e. The van der Waals surface area contributed by atoms with Crippen LogP contribution in [0.25, 0.3) is 21.8 Å². The summed E-state index contributed by atoms with van der Waals surface area (Å²) in [6.07, 6.45) is 0. The van der Waals surface area contributed by atoms with Crippen LogP contribution in [0.15, 0.2) is 41.8 Å². The average molecular weight is 371 g/mol. The van der Waals surface area contributed by atoms with Crippen LogP contribution < -0.4 is 9.47 Å². The predicted molar refractivity (Wildman–Crippen MR) is 103 cm³/mol. The highest BCUT2D eigenvalue weighted by Crippen LogP contribution is 2.36. The van der Waals surface area contributed by atoms with Crippen LogP contribution in [0.5, 0.6) is 17.2 Å². The molecule has 0 saturated heterocycles. The fourth-order valence-corrected chi connectivity index (χ4v) is 3.42. The van der Waals surface area contributed by atoms with Crippen LogP contribution >= 0.6 is 11.3 Å². The largest absolute Gasteiger partial charge is 0.508 e. The van der Waals surface area contributed by atoms with Crippen molar-refractivity contribution in [3.8, 4) is 39.1 Å². The summed E-state index contributed by atoms with van der Waals surface area (Å²) in [6.45, 7) is 4.80. The first-order valence-electron chi connectivity index (χ1n) is 8.44. The number of benzene rings is 2. The Labute approximate surface area is 156 Å². The van der Waals surface area contributed by atoms with Crippen molar-refractivity contribution in [2.45, 2.75) is 20.5 Å². The van der Waals surface area contributed by atoms with E-state index >= 15 is 0 Å². The van der Waals surface area contributed by atoms with Crippen molar-refractivity contribution >= 4 is 11.3 Å². The van der Waals surface area contributed by atoms with Crippen molar-refractivity contribution in [1.82, 2.24) is 4.98 Å². The van der Waals surface area contributed by atoms with Crippen molar-refractivity contribution in [1.29, 1.82) is 0 Å². The smallest absolute Gasteiger partial charge is 0.161 e. The molecule has 5 nitrogen and oxygen atoms in total. The lowest BCUT2D eigenvalue weighted by molar-refractivity contribution is 0.275. The van der Waals surface area contributed by atoms with Gasteiger partial charge in [0.2, 0.25) is 0 Å². The zero-order valence-electron chi connectivity index (χ0n) is 14.7. The first-order valence-corrected chi connectivity index (χ1v) is 9.32. The van der Waals surface area contributed by atoms with Gasteiger partial charge in [-0.05, 0) is 50.2 Å². The molecule has 0 saturated carbocycles. The van der Waals surface area contributed by atoms with Crippen molar-refractivity contribution < 1.29 is 19.7 Å². The molecule has 6 heteroatoms. The van der Waals surface area contributed by atoms with Gasteiger partial charge in [0, 0.05) is 22.1 Å². The number of nitrogens with zero attached hydrogens (tertiary/aromatic N) is 1. The lowest BCUT2D eigenvalue weighted by Gasteiger charge is -2.11. The number of hydrogen-bond donors (Lipinski definition) is 2. The average Bonchev–Trinajstić information content (AvgIpc) is 3.14. The van der Waals surface area contributed by atoms with E-state index in [1.165, 1.54) is 11.3 Å². The number of ether oxygens (including phenoxy) is 2. The normalized spacial score (nSPS) is 10.7. The lowest BCUT2D eigenvalue weighted by atomic mass is 10.1. The Kier molecular flexibility index (Phi) is 5.75. The Balaban J connectivity index is 1.93. The van der Waals surface area contributed by atoms with Gasteiger partial charge in [-0.3, -0.25) is 0 Å². The van der Waals surface area contributed by atoms with Gasteiger partial charge in [0.25, 0.3) is 0 Å². The number of aromatic hydroxyl groups is 1. The second kappa shape index (κ2) is 8.21. The van der Waals surface area contributed by atoms with Gasteiger partial charge in [-0.15, -0.1) is 11.3 Å². The molecular formula is C20H21NO4S. The number of aliphatic hydroxyl groups is 1. The van der Waals surface area contributed by atoms with E-state index in [4.69, 9.17) is 14.5 Å². The second-order valence-corrected chi connectivity index (χ2v) is 6.43. The highest BCUT2D eigenvalue weighted by molar-refractivity contribution is 7.13. The van der Waals surface area contributed by atoms with Gasteiger partial charge in [0.05, 0.1) is 25.5 Å². The summed E-state index contributed by atoms with van der Waals surface area (Å²) in [4.78, 5) is 4.69. The van der Waals surface area contributed by atoms with Crippen molar-refractivity contribution in [3.05, 3.63) is 47.3 Å². The third kappa shape index (κ3) is 3.81. The number of thiazole rings is 1. The van der Waals surface area contributed by atoms with E-state index in [0.29, 0.717) is 24.5 Å². The zero-order valence-corrected chi connectivity index (χ0v) is 15.5. The van der Waals surface area contributed by atoms with Crippen LogP contribution in [0.2, 0.25) is 0 Å². The summed E-state index contributed by atoms with van der Waals surface area (Å²) < 4.78 is 11.3. The molecule has 1 aromatic heterocycles. The maximum absolute atomic E-state index is 9.71. The summed E-state index contributed by atoms with van der Waals surface area (Å²) in [5.74, 6) is 1.51. The molecule has 0 fully saturated rings. The number of rotatable bonds is 7. The molecular weight excluding hydrogens is 350 g/mol. The van der Waals surface area contributed by atoms with E-state index in [1.54, 1.807) is 18.2 Å². The van der Waals surface area contributed by atoms with Crippen LogP contribution in [-0.4, -0.2) is 28.4 Å². The Morgan fingerprint density at radius 1 is 0.962 bits per heavy atom. The minimum atomic E-state index is -0.215. The Morgan fingerprint density at radius 3 is 2.42 bits per heavy atom.